The Morgan fingerprint density at radius 1 is 1.23 bits per heavy atom. The van der Waals surface area contributed by atoms with E-state index in [9.17, 15) is 18.4 Å². The first-order valence-corrected chi connectivity index (χ1v) is 11.1. The lowest BCUT2D eigenvalue weighted by Crippen LogP contribution is -2.55. The van der Waals surface area contributed by atoms with Gasteiger partial charge in [0, 0.05) is 42.8 Å². The Labute approximate surface area is 179 Å². The third-order valence-electron chi connectivity index (χ3n) is 5.37. The molecule has 1 fully saturated rings. The highest BCUT2D eigenvalue weighted by Crippen LogP contribution is 2.30. The Morgan fingerprint density at radius 3 is 2.58 bits per heavy atom. The Morgan fingerprint density at radius 2 is 1.94 bits per heavy atom. The number of pyridine rings is 1. The monoisotopic (exact) mass is 442 g/mol. The molecule has 1 aromatic carbocycles. The number of amides is 1. The minimum Gasteiger partial charge on any atom is -0.428 e. The molecule has 1 amide bonds. The van der Waals surface area contributed by atoms with Crippen LogP contribution in [0.25, 0.3) is 10.9 Å². The van der Waals surface area contributed by atoms with E-state index in [1.54, 1.807) is 36.1 Å². The number of hydrogen-bond acceptors (Lipinski definition) is 6. The number of aromatic nitrogens is 2. The van der Waals surface area contributed by atoms with Crippen molar-refractivity contribution in [2.24, 2.45) is 5.73 Å². The van der Waals surface area contributed by atoms with Gasteiger partial charge in [0.2, 0.25) is 10.0 Å². The van der Waals surface area contributed by atoms with Crippen molar-refractivity contribution in [1.82, 2.24) is 18.9 Å². The lowest BCUT2D eigenvalue weighted by molar-refractivity contribution is 0.0642. The second-order valence-corrected chi connectivity index (χ2v) is 9.25. The van der Waals surface area contributed by atoms with Gasteiger partial charge in [-0.25, -0.2) is 8.42 Å². The highest BCUT2D eigenvalue weighted by molar-refractivity contribution is 7.89. The lowest BCUT2D eigenvalue weighted by Gasteiger charge is -2.38. The first-order valence-electron chi connectivity index (χ1n) is 9.61. The molecule has 4 rings (SSSR count). The molecular formula is C20H22N6O4S. The van der Waals surface area contributed by atoms with Gasteiger partial charge in [-0.2, -0.15) is 9.04 Å². The largest absolute Gasteiger partial charge is 0.428 e. The third-order valence-corrected chi connectivity index (χ3v) is 7.42. The number of nitrogens with zero attached hydrogens (tertiary/aromatic N) is 4. The highest BCUT2D eigenvalue weighted by atomic mass is 32.2. The third kappa shape index (κ3) is 3.51. The van der Waals surface area contributed by atoms with Crippen molar-refractivity contribution in [1.29, 1.82) is 5.41 Å². The van der Waals surface area contributed by atoms with E-state index in [0.717, 1.165) is 6.20 Å². The molecule has 2 aromatic heterocycles. The van der Waals surface area contributed by atoms with Gasteiger partial charge in [0.25, 0.3) is 5.91 Å². The topological polar surface area (TPSA) is 146 Å². The van der Waals surface area contributed by atoms with Gasteiger partial charge in [-0.1, -0.05) is 18.2 Å². The maximum Gasteiger partial charge on any atom is 0.253 e. The van der Waals surface area contributed by atoms with Gasteiger partial charge in [0.1, 0.15) is 21.9 Å². The van der Waals surface area contributed by atoms with Crippen molar-refractivity contribution in [2.45, 2.75) is 17.9 Å². The van der Waals surface area contributed by atoms with E-state index >= 15 is 0 Å². The zero-order valence-corrected chi connectivity index (χ0v) is 17.6. The Kier molecular flexibility index (Phi) is 5.15. The maximum absolute atomic E-state index is 13.4. The van der Waals surface area contributed by atoms with Crippen LogP contribution in [0.2, 0.25) is 0 Å². The van der Waals surface area contributed by atoms with Gasteiger partial charge >= 0.3 is 0 Å². The predicted octanol–water partition coefficient (Wildman–Crippen LogP) is 1.09. The standard InChI is InChI=1S/C20H22N6O4S/c1-13-11-24(20(27)14-5-3-2-4-6-14)9-10-26(13)31(29,30)16-12-25(28)18-15(16)7-8-23-17(18)19(21)22/h2-8,12-13,28H,9-11H2,1H3,(H3,21,22). The molecule has 0 saturated carbocycles. The van der Waals surface area contributed by atoms with Gasteiger partial charge in [-0.3, -0.25) is 15.2 Å². The summed E-state index contributed by atoms with van der Waals surface area (Å²) in [6, 6.07) is 9.84. The summed E-state index contributed by atoms with van der Waals surface area (Å²) in [6.07, 6.45) is 2.43. The number of nitrogens with two attached hydrogens (primary N) is 1. The molecule has 0 radical (unpaired) electrons. The van der Waals surface area contributed by atoms with Gasteiger partial charge in [-0.15, -0.1) is 0 Å². The Bertz CT molecular complexity index is 1270. The number of sulfonamides is 1. The summed E-state index contributed by atoms with van der Waals surface area (Å²) in [5, 5.41) is 18.1. The summed E-state index contributed by atoms with van der Waals surface area (Å²) in [5.74, 6) is -0.530. The number of carbonyl (C=O) groups excluding carboxylic acids is 1. The van der Waals surface area contributed by atoms with Gasteiger partial charge in [0.05, 0.1) is 6.20 Å². The number of nitrogen functional groups attached to an aromatic ring is 1. The molecule has 1 aliphatic heterocycles. The molecule has 162 valence electrons. The molecule has 31 heavy (non-hydrogen) atoms. The van der Waals surface area contributed by atoms with E-state index in [2.05, 4.69) is 4.98 Å². The van der Waals surface area contributed by atoms with Crippen LogP contribution in [0.15, 0.2) is 53.7 Å². The summed E-state index contributed by atoms with van der Waals surface area (Å²) < 4.78 is 28.8. The molecule has 0 spiro atoms. The molecule has 10 nitrogen and oxygen atoms in total. The van der Waals surface area contributed by atoms with Crippen LogP contribution in [-0.4, -0.2) is 70.0 Å². The van der Waals surface area contributed by atoms with E-state index in [1.807, 2.05) is 6.07 Å². The normalized spacial score (nSPS) is 17.7. The molecule has 4 N–H and O–H groups in total. The van der Waals surface area contributed by atoms with Crippen molar-refractivity contribution in [3.05, 3.63) is 60.0 Å². The van der Waals surface area contributed by atoms with Gasteiger partial charge < -0.3 is 15.8 Å². The molecule has 1 unspecified atom stereocenters. The van der Waals surface area contributed by atoms with Crippen molar-refractivity contribution in [3.8, 4) is 0 Å². The molecular weight excluding hydrogens is 420 g/mol. The fraction of sp³-hybridized carbons (Fsp3) is 0.250. The fourth-order valence-corrected chi connectivity index (χ4v) is 5.70. The lowest BCUT2D eigenvalue weighted by atomic mass is 10.1. The van der Waals surface area contributed by atoms with Crippen molar-refractivity contribution >= 4 is 32.7 Å². The number of benzene rings is 1. The smallest absolute Gasteiger partial charge is 0.253 e. The summed E-state index contributed by atoms with van der Waals surface area (Å²) in [6.45, 7) is 2.34. The van der Waals surface area contributed by atoms with E-state index in [1.165, 1.54) is 16.6 Å². The highest BCUT2D eigenvalue weighted by Gasteiger charge is 2.37. The van der Waals surface area contributed by atoms with Crippen LogP contribution < -0.4 is 5.73 Å². The van der Waals surface area contributed by atoms with E-state index in [0.29, 0.717) is 10.3 Å². The number of piperazine rings is 1. The quantitative estimate of drug-likeness (QED) is 0.313. The van der Waals surface area contributed by atoms with Gasteiger partial charge in [-0.05, 0) is 25.1 Å². The molecule has 1 saturated heterocycles. The number of hydrogen-bond donors (Lipinski definition) is 3. The van der Waals surface area contributed by atoms with E-state index in [-0.39, 0.29) is 52.9 Å². The Balaban J connectivity index is 1.64. The van der Waals surface area contributed by atoms with E-state index < -0.39 is 16.1 Å². The average Bonchev–Trinajstić information content (AvgIpc) is 3.11. The molecule has 0 bridgehead atoms. The summed E-state index contributed by atoms with van der Waals surface area (Å²) in [7, 11) is -4.00. The SMILES string of the molecule is CC1CN(C(=O)c2ccccc2)CCN1S(=O)(=O)c1cn(O)c2c(C(=N)N)nccc12. The first-order chi connectivity index (χ1) is 14.7. The fourth-order valence-electron chi connectivity index (χ4n) is 3.90. The molecule has 3 heterocycles. The maximum atomic E-state index is 13.4. The second kappa shape index (κ2) is 7.67. The second-order valence-electron chi connectivity index (χ2n) is 7.39. The number of carbonyl (C=O) groups is 1. The van der Waals surface area contributed by atoms with Crippen LogP contribution in [0.3, 0.4) is 0 Å². The number of amidine groups is 1. The summed E-state index contributed by atoms with van der Waals surface area (Å²) >= 11 is 0. The van der Waals surface area contributed by atoms with Crippen LogP contribution >= 0.6 is 0 Å². The number of fused-ring (bicyclic) bond motifs is 1. The minimum atomic E-state index is -4.00. The minimum absolute atomic E-state index is 0.00669. The van der Waals surface area contributed by atoms with Gasteiger partial charge in [0.15, 0.2) is 0 Å². The zero-order valence-electron chi connectivity index (χ0n) is 16.8. The molecule has 1 atom stereocenters. The van der Waals surface area contributed by atoms with Crippen LogP contribution in [-0.2, 0) is 10.0 Å². The van der Waals surface area contributed by atoms with Crippen LogP contribution in [0.5, 0.6) is 0 Å². The van der Waals surface area contributed by atoms with Crippen molar-refractivity contribution in [3.63, 3.8) is 0 Å². The van der Waals surface area contributed by atoms with Crippen molar-refractivity contribution < 1.29 is 18.4 Å². The van der Waals surface area contributed by atoms with Crippen LogP contribution in [0.4, 0.5) is 0 Å². The van der Waals surface area contributed by atoms with E-state index in [4.69, 9.17) is 11.1 Å². The van der Waals surface area contributed by atoms with Crippen LogP contribution in [0, 0.1) is 5.41 Å². The first kappa shape index (κ1) is 20.8. The predicted molar refractivity (Wildman–Crippen MR) is 114 cm³/mol. The van der Waals surface area contributed by atoms with Crippen molar-refractivity contribution in [2.75, 3.05) is 19.6 Å². The molecule has 1 aliphatic rings. The molecule has 0 aliphatic carbocycles. The Hall–Kier alpha value is -3.44. The summed E-state index contributed by atoms with van der Waals surface area (Å²) in [4.78, 5) is 18.2. The average molecular weight is 443 g/mol. The molecule has 3 aromatic rings. The van der Waals surface area contributed by atoms with Crippen LogP contribution in [0.1, 0.15) is 23.0 Å². The number of rotatable bonds is 4. The molecule has 11 heteroatoms. The summed E-state index contributed by atoms with van der Waals surface area (Å²) in [5.41, 5.74) is 6.12. The zero-order chi connectivity index (χ0) is 22.3. The number of nitrogens with one attached hydrogen (secondary N) is 1.